The third-order valence-electron chi connectivity index (χ3n) is 0.744. The molecule has 1 saturated heterocycles. The van der Waals surface area contributed by atoms with Gasteiger partial charge in [0, 0.05) is 40.4 Å². The van der Waals surface area contributed by atoms with Crippen molar-refractivity contribution in [3.63, 3.8) is 0 Å². The van der Waals surface area contributed by atoms with E-state index in [0.717, 1.165) is 26.4 Å². The Hall–Kier alpha value is 2.45. The van der Waals surface area contributed by atoms with Gasteiger partial charge in [-0.2, -0.15) is 0 Å². The molecule has 1 rings (SSSR count). The van der Waals surface area contributed by atoms with E-state index >= 15 is 0 Å². The van der Waals surface area contributed by atoms with Crippen LogP contribution in [0.5, 0.6) is 0 Å². The summed E-state index contributed by atoms with van der Waals surface area (Å²) >= 11 is 0. The van der Waals surface area contributed by atoms with Gasteiger partial charge in [-0.25, -0.2) is 0 Å². The topological polar surface area (TPSA) is 18.5 Å². The molecule has 0 bridgehead atoms. The standard InChI is InChI=1S/C4H8O2.5C3H5.2Li.Sm/c1-2-6-4-3-5-1;5*1-3-2;;;/h1-4H2;5*3H,1-2H2;;;/q;;;;;;2*+1;. The fraction of sp³-hybridized carbons (Fsp3) is 0.211. The molecule has 1 aliphatic rings. The van der Waals surface area contributed by atoms with Crippen molar-refractivity contribution in [2.75, 3.05) is 26.4 Å². The second kappa shape index (κ2) is 84.1. The summed E-state index contributed by atoms with van der Waals surface area (Å²) in [7, 11) is 0. The summed E-state index contributed by atoms with van der Waals surface area (Å²) in [6.07, 6.45) is 7.50. The van der Waals surface area contributed by atoms with Crippen molar-refractivity contribution >= 4 is 0 Å². The summed E-state index contributed by atoms with van der Waals surface area (Å²) < 4.78 is 9.89. The molecule has 0 aromatic carbocycles. The van der Waals surface area contributed by atoms with Crippen molar-refractivity contribution in [2.24, 2.45) is 0 Å². The molecule has 1 aliphatic heterocycles. The first-order valence-electron chi connectivity index (χ1n) is 6.24. The quantitative estimate of drug-likeness (QED) is 0.406. The summed E-state index contributed by atoms with van der Waals surface area (Å²) in [4.78, 5) is 0. The zero-order valence-electron chi connectivity index (χ0n) is 16.0. The Morgan fingerprint density at radius 2 is 0.500 bits per heavy atom. The number of ether oxygens (including phenoxy) is 2. The molecule has 1 heterocycles. The molecule has 0 aromatic heterocycles. The van der Waals surface area contributed by atoms with Crippen LogP contribution in [0.2, 0.25) is 0 Å². The molecule has 0 atom stereocenters. The minimum atomic E-state index is 0. The maximum Gasteiger partial charge on any atom is 1.00 e. The molecule has 127 valence electrons. The average Bonchev–Trinajstić information content (AvgIpc) is 2.45. The molecule has 1 fully saturated rings. The maximum atomic E-state index is 4.94. The van der Waals surface area contributed by atoms with Crippen LogP contribution in [-0.2, 0) is 9.47 Å². The first-order chi connectivity index (χ1) is 10.1. The van der Waals surface area contributed by atoms with Crippen molar-refractivity contribution < 1.29 is 87.6 Å². The normalized spacial score (nSPS) is 9.75. The molecule has 0 amide bonds. The van der Waals surface area contributed by atoms with Crippen LogP contribution in [0.3, 0.4) is 0 Å². The van der Waals surface area contributed by atoms with Crippen LogP contribution in [-0.4, -0.2) is 26.4 Å². The van der Waals surface area contributed by atoms with Crippen molar-refractivity contribution in [2.45, 2.75) is 0 Å². The van der Waals surface area contributed by atoms with Gasteiger partial charge in [-0.1, -0.05) is 0 Å². The van der Waals surface area contributed by atoms with Crippen molar-refractivity contribution in [1.82, 2.24) is 0 Å². The van der Waals surface area contributed by atoms with Crippen LogP contribution in [0.25, 0.3) is 0 Å². The summed E-state index contributed by atoms with van der Waals surface area (Å²) in [5, 5.41) is 0. The van der Waals surface area contributed by atoms with E-state index in [1.54, 1.807) is 0 Å². The number of rotatable bonds is 0. The summed E-state index contributed by atoms with van der Waals surface area (Å²) in [6, 6.07) is 0. The molecule has 5 heteroatoms. The minimum absolute atomic E-state index is 0. The molecular formula is C19H33Li2O2Sm+2. The van der Waals surface area contributed by atoms with Gasteiger partial charge in [0.25, 0.3) is 0 Å². The van der Waals surface area contributed by atoms with E-state index in [4.69, 9.17) is 9.47 Å². The Balaban J connectivity index is -0.0000000216. The van der Waals surface area contributed by atoms with Gasteiger partial charge in [0.05, 0.1) is 26.4 Å². The molecule has 24 heavy (non-hydrogen) atoms. The molecule has 0 unspecified atom stereocenters. The van der Waals surface area contributed by atoms with E-state index in [1.165, 1.54) is 32.1 Å². The SMILES string of the molecule is C1COCCO1.[CH2][CH][CH2].[CH2][CH][CH2].[CH2][CH][CH2].[CH2][CH][CH2].[CH2][CH][CH2].[Li+].[Li+].[Sm]. The Morgan fingerprint density at radius 3 is 0.542 bits per heavy atom. The largest absolute Gasteiger partial charge is 1.00 e. The van der Waals surface area contributed by atoms with Crippen molar-refractivity contribution in [1.29, 1.82) is 0 Å². The summed E-state index contributed by atoms with van der Waals surface area (Å²) in [5.41, 5.74) is 0. The zero-order valence-corrected chi connectivity index (χ0v) is 18.6. The maximum absolute atomic E-state index is 4.94. The van der Waals surface area contributed by atoms with Crippen LogP contribution in [0.1, 0.15) is 0 Å². The zero-order chi connectivity index (χ0) is 17.8. The molecule has 0 spiro atoms. The van der Waals surface area contributed by atoms with E-state index in [9.17, 15) is 0 Å². The second-order valence-electron chi connectivity index (χ2n) is 2.67. The third-order valence-corrected chi connectivity index (χ3v) is 0.744. The summed E-state index contributed by atoms with van der Waals surface area (Å²) in [5.74, 6) is 0. The van der Waals surface area contributed by atoms with Gasteiger partial charge in [-0.05, 0) is 101 Å². The van der Waals surface area contributed by atoms with Crippen LogP contribution in [0.4, 0.5) is 0 Å². The smallest absolute Gasteiger partial charge is 0.377 e. The van der Waals surface area contributed by atoms with Gasteiger partial charge in [-0.15, -0.1) is 0 Å². The Morgan fingerprint density at radius 1 is 0.417 bits per heavy atom. The van der Waals surface area contributed by atoms with Crippen LogP contribution in [0, 0.1) is 142 Å². The number of hydrogen-bond acceptors (Lipinski definition) is 2. The van der Waals surface area contributed by atoms with Crippen LogP contribution < -0.4 is 37.7 Å². The summed E-state index contributed by atoms with van der Waals surface area (Å²) in [6.45, 7) is 35.6. The van der Waals surface area contributed by atoms with Gasteiger partial charge in [0.2, 0.25) is 0 Å². The molecule has 15 radical (unpaired) electrons. The molecule has 0 N–H and O–H groups in total. The van der Waals surface area contributed by atoms with Crippen LogP contribution in [0.15, 0.2) is 0 Å². The second-order valence-corrected chi connectivity index (χ2v) is 2.67. The van der Waals surface area contributed by atoms with Gasteiger partial charge < -0.3 is 9.47 Å². The Labute approximate surface area is 213 Å². The fourth-order valence-corrected chi connectivity index (χ4v) is 0.440. The first kappa shape index (κ1) is 50.3. The van der Waals surface area contributed by atoms with Crippen molar-refractivity contribution in [3.05, 3.63) is 101 Å². The van der Waals surface area contributed by atoms with E-state index in [-0.39, 0.29) is 78.1 Å². The third kappa shape index (κ3) is 188. The van der Waals surface area contributed by atoms with Crippen LogP contribution >= 0.6 is 0 Å². The molecule has 0 aliphatic carbocycles. The van der Waals surface area contributed by atoms with E-state index in [1.807, 2.05) is 0 Å². The predicted molar refractivity (Wildman–Crippen MR) is 96.7 cm³/mol. The fourth-order valence-electron chi connectivity index (χ4n) is 0.440. The first-order valence-corrected chi connectivity index (χ1v) is 6.24. The van der Waals surface area contributed by atoms with Gasteiger partial charge in [0.15, 0.2) is 0 Å². The van der Waals surface area contributed by atoms with Gasteiger partial charge in [0.1, 0.15) is 0 Å². The molecular weight excluding hydrogens is 424 g/mol. The average molecular weight is 458 g/mol. The molecule has 2 nitrogen and oxygen atoms in total. The van der Waals surface area contributed by atoms with E-state index in [0.29, 0.717) is 0 Å². The predicted octanol–water partition coefficient (Wildman–Crippen LogP) is -1.66. The van der Waals surface area contributed by atoms with Crippen molar-refractivity contribution in [3.8, 4) is 0 Å². The van der Waals surface area contributed by atoms with Gasteiger partial charge >= 0.3 is 37.7 Å². The van der Waals surface area contributed by atoms with E-state index in [2.05, 4.69) is 69.2 Å². The Kier molecular flexibility index (Phi) is 176. The van der Waals surface area contributed by atoms with Gasteiger partial charge in [-0.3, -0.25) is 0 Å². The molecule has 0 saturated carbocycles. The Bertz CT molecular complexity index is 74.3. The number of hydrogen-bond donors (Lipinski definition) is 0. The molecule has 0 aromatic rings. The monoisotopic (exact) mass is 459 g/mol. The minimum Gasteiger partial charge on any atom is -0.377 e. The van der Waals surface area contributed by atoms with E-state index < -0.39 is 0 Å².